The lowest BCUT2D eigenvalue weighted by Gasteiger charge is -2.09. The summed E-state index contributed by atoms with van der Waals surface area (Å²) in [6.45, 7) is 4.08. The van der Waals surface area contributed by atoms with Crippen molar-refractivity contribution in [3.05, 3.63) is 0 Å². The second-order valence-electron chi connectivity index (χ2n) is 2.96. The maximum absolute atomic E-state index is 11.2. The molecule has 62 valence electrons. The SMILES string of the molecule is CC(C)C(=O)[C@@H]1CNC(=O)N1. The van der Waals surface area contributed by atoms with Crippen molar-refractivity contribution in [3.63, 3.8) is 0 Å². The fourth-order valence-corrected chi connectivity index (χ4v) is 1.03. The Morgan fingerprint density at radius 2 is 2.27 bits per heavy atom. The lowest BCUT2D eigenvalue weighted by molar-refractivity contribution is -0.123. The third-order valence-corrected chi connectivity index (χ3v) is 1.68. The number of Topliss-reactive ketones (excluding diaryl/α,β-unsaturated/α-hetero) is 1. The predicted octanol–water partition coefficient (Wildman–Crippen LogP) is -0.107. The standard InChI is InChI=1S/C7H12N2O2/c1-4(2)6(10)5-3-8-7(11)9-5/h4-5H,3H2,1-2H3,(H2,8,9,11)/t5-/m0/s1. The van der Waals surface area contributed by atoms with Crippen molar-refractivity contribution < 1.29 is 9.59 Å². The van der Waals surface area contributed by atoms with E-state index < -0.39 is 0 Å². The molecule has 1 atom stereocenters. The van der Waals surface area contributed by atoms with Crippen LogP contribution in [0.1, 0.15) is 13.8 Å². The molecule has 1 aliphatic heterocycles. The third-order valence-electron chi connectivity index (χ3n) is 1.68. The van der Waals surface area contributed by atoms with Gasteiger partial charge in [0.15, 0.2) is 5.78 Å². The van der Waals surface area contributed by atoms with Crippen molar-refractivity contribution in [1.82, 2.24) is 10.6 Å². The van der Waals surface area contributed by atoms with Gasteiger partial charge in [0.05, 0.1) is 0 Å². The van der Waals surface area contributed by atoms with Crippen LogP contribution in [0.4, 0.5) is 4.79 Å². The first kappa shape index (κ1) is 8.04. The molecule has 1 aliphatic rings. The Labute approximate surface area is 65.3 Å². The van der Waals surface area contributed by atoms with Gasteiger partial charge >= 0.3 is 6.03 Å². The highest BCUT2D eigenvalue weighted by atomic mass is 16.2. The molecule has 0 saturated carbocycles. The van der Waals surface area contributed by atoms with Crippen LogP contribution in [0.5, 0.6) is 0 Å². The number of amides is 2. The minimum atomic E-state index is -0.317. The van der Waals surface area contributed by atoms with Crippen LogP contribution in [0.3, 0.4) is 0 Å². The van der Waals surface area contributed by atoms with Gasteiger partial charge in [0.2, 0.25) is 0 Å². The van der Waals surface area contributed by atoms with Crippen LogP contribution in [-0.4, -0.2) is 24.4 Å². The summed E-state index contributed by atoms with van der Waals surface area (Å²) in [6.07, 6.45) is 0. The number of carbonyl (C=O) groups is 2. The van der Waals surface area contributed by atoms with E-state index >= 15 is 0 Å². The molecule has 1 rings (SSSR count). The third kappa shape index (κ3) is 1.69. The number of carbonyl (C=O) groups excluding carboxylic acids is 2. The molecular formula is C7H12N2O2. The summed E-state index contributed by atoms with van der Waals surface area (Å²) in [5, 5.41) is 5.07. The molecule has 4 heteroatoms. The van der Waals surface area contributed by atoms with E-state index in [0.29, 0.717) is 6.54 Å². The molecular weight excluding hydrogens is 144 g/mol. The molecule has 1 fully saturated rings. The Kier molecular flexibility index (Phi) is 2.12. The summed E-state index contributed by atoms with van der Waals surface area (Å²) in [5.41, 5.74) is 0. The maximum atomic E-state index is 11.2. The molecule has 0 aromatic carbocycles. The van der Waals surface area contributed by atoms with Crippen LogP contribution >= 0.6 is 0 Å². The van der Waals surface area contributed by atoms with Crippen molar-refractivity contribution in [1.29, 1.82) is 0 Å². The smallest absolute Gasteiger partial charge is 0.315 e. The molecule has 1 saturated heterocycles. The first-order valence-electron chi connectivity index (χ1n) is 3.69. The summed E-state index contributed by atoms with van der Waals surface area (Å²) < 4.78 is 0. The second kappa shape index (κ2) is 2.90. The van der Waals surface area contributed by atoms with Crippen LogP contribution in [0.2, 0.25) is 0 Å². The number of nitrogens with one attached hydrogen (secondary N) is 2. The minimum Gasteiger partial charge on any atom is -0.336 e. The van der Waals surface area contributed by atoms with Crippen LogP contribution in [-0.2, 0) is 4.79 Å². The largest absolute Gasteiger partial charge is 0.336 e. The molecule has 11 heavy (non-hydrogen) atoms. The highest BCUT2D eigenvalue weighted by molar-refractivity contribution is 5.92. The summed E-state index contributed by atoms with van der Waals surface area (Å²) >= 11 is 0. The van der Waals surface area contributed by atoms with Crippen LogP contribution in [0, 0.1) is 5.92 Å². The minimum absolute atomic E-state index is 0.0137. The van der Waals surface area contributed by atoms with E-state index in [0.717, 1.165) is 0 Å². The first-order valence-corrected chi connectivity index (χ1v) is 3.69. The lowest BCUT2D eigenvalue weighted by atomic mass is 10.0. The summed E-state index contributed by atoms with van der Waals surface area (Å²) in [6, 6.07) is -0.563. The highest BCUT2D eigenvalue weighted by Gasteiger charge is 2.27. The number of hydrogen-bond donors (Lipinski definition) is 2. The summed E-state index contributed by atoms with van der Waals surface area (Å²) in [4.78, 5) is 21.8. The van der Waals surface area contributed by atoms with E-state index in [1.54, 1.807) is 0 Å². The van der Waals surface area contributed by atoms with Gasteiger partial charge in [0, 0.05) is 12.5 Å². The topological polar surface area (TPSA) is 58.2 Å². The van der Waals surface area contributed by atoms with Gasteiger partial charge in [0.25, 0.3) is 0 Å². The Morgan fingerprint density at radius 1 is 1.64 bits per heavy atom. The van der Waals surface area contributed by atoms with Crippen molar-refractivity contribution in [2.75, 3.05) is 6.54 Å². The average Bonchev–Trinajstić information content (AvgIpc) is 2.34. The fourth-order valence-electron chi connectivity index (χ4n) is 1.03. The Hall–Kier alpha value is -1.06. The molecule has 0 bridgehead atoms. The molecule has 1 heterocycles. The zero-order valence-electron chi connectivity index (χ0n) is 6.68. The van der Waals surface area contributed by atoms with Gasteiger partial charge in [-0.25, -0.2) is 4.79 Å². The quantitative estimate of drug-likeness (QED) is 0.586. The molecule has 4 nitrogen and oxygen atoms in total. The lowest BCUT2D eigenvalue weighted by Crippen LogP contribution is -2.36. The van der Waals surface area contributed by atoms with E-state index in [4.69, 9.17) is 0 Å². The summed E-state index contributed by atoms with van der Waals surface area (Å²) in [7, 11) is 0. The van der Waals surface area contributed by atoms with Gasteiger partial charge in [-0.1, -0.05) is 13.8 Å². The monoisotopic (exact) mass is 156 g/mol. The van der Waals surface area contributed by atoms with Crippen LogP contribution in [0.15, 0.2) is 0 Å². The van der Waals surface area contributed by atoms with Crippen molar-refractivity contribution >= 4 is 11.8 Å². The zero-order valence-corrected chi connectivity index (χ0v) is 6.68. The molecule has 2 N–H and O–H groups in total. The fraction of sp³-hybridized carbons (Fsp3) is 0.714. The van der Waals surface area contributed by atoms with Crippen LogP contribution in [0.25, 0.3) is 0 Å². The zero-order chi connectivity index (χ0) is 8.43. The number of urea groups is 1. The van der Waals surface area contributed by atoms with Crippen LogP contribution < -0.4 is 10.6 Å². The molecule has 0 radical (unpaired) electrons. The predicted molar refractivity (Wildman–Crippen MR) is 40.2 cm³/mol. The van der Waals surface area contributed by atoms with Gasteiger partial charge in [-0.3, -0.25) is 4.79 Å². The van der Waals surface area contributed by atoms with E-state index in [2.05, 4.69) is 10.6 Å². The maximum Gasteiger partial charge on any atom is 0.315 e. The molecule has 0 aromatic rings. The Morgan fingerprint density at radius 3 is 2.64 bits per heavy atom. The second-order valence-corrected chi connectivity index (χ2v) is 2.96. The van der Waals surface area contributed by atoms with Crippen molar-refractivity contribution in [2.45, 2.75) is 19.9 Å². The highest BCUT2D eigenvalue weighted by Crippen LogP contribution is 2.01. The molecule has 0 aliphatic carbocycles. The van der Waals surface area contributed by atoms with Gasteiger partial charge in [0.1, 0.15) is 6.04 Å². The Bertz CT molecular complexity index is 189. The van der Waals surface area contributed by atoms with Gasteiger partial charge < -0.3 is 10.6 Å². The van der Waals surface area contributed by atoms with Gasteiger partial charge in [-0.15, -0.1) is 0 Å². The summed E-state index contributed by atoms with van der Waals surface area (Å²) in [5.74, 6) is 0.0727. The molecule has 2 amide bonds. The van der Waals surface area contributed by atoms with Crippen molar-refractivity contribution in [2.24, 2.45) is 5.92 Å². The number of hydrogen-bond acceptors (Lipinski definition) is 2. The first-order chi connectivity index (χ1) is 5.11. The molecule has 0 unspecified atom stereocenters. The molecule has 0 spiro atoms. The Balaban J connectivity index is 2.50. The van der Waals surface area contributed by atoms with Gasteiger partial charge in [-0.05, 0) is 0 Å². The van der Waals surface area contributed by atoms with E-state index in [1.165, 1.54) is 0 Å². The van der Waals surface area contributed by atoms with Gasteiger partial charge in [-0.2, -0.15) is 0 Å². The van der Waals surface area contributed by atoms with E-state index in [9.17, 15) is 9.59 Å². The van der Waals surface area contributed by atoms with E-state index in [1.807, 2.05) is 13.8 Å². The number of rotatable bonds is 2. The normalized spacial score (nSPS) is 23.2. The van der Waals surface area contributed by atoms with E-state index in [-0.39, 0.29) is 23.8 Å². The molecule has 0 aromatic heterocycles. The average molecular weight is 156 g/mol. The number of ketones is 1. The van der Waals surface area contributed by atoms with Crippen molar-refractivity contribution in [3.8, 4) is 0 Å².